The van der Waals surface area contributed by atoms with Crippen LogP contribution in [0.25, 0.3) is 0 Å². The minimum atomic E-state index is -0.489. The van der Waals surface area contributed by atoms with Crippen LogP contribution in [0.4, 0.5) is 0 Å². The number of hydrogen-bond acceptors (Lipinski definition) is 10. The van der Waals surface area contributed by atoms with E-state index in [0.717, 1.165) is 0 Å². The van der Waals surface area contributed by atoms with E-state index in [2.05, 4.69) is 9.80 Å². The molecule has 0 saturated heterocycles. The third-order valence-electron chi connectivity index (χ3n) is 5.33. The summed E-state index contributed by atoms with van der Waals surface area (Å²) in [5.41, 5.74) is 0. The molecule has 0 heterocycles. The van der Waals surface area contributed by atoms with E-state index in [4.69, 9.17) is 0 Å². The van der Waals surface area contributed by atoms with Crippen molar-refractivity contribution in [2.75, 3.05) is 78.5 Å². The average molecular weight is 495 g/mol. The zero-order chi connectivity index (χ0) is 26.3. The minimum Gasteiger partial charge on any atom is -0.392 e. The van der Waals surface area contributed by atoms with E-state index in [0.29, 0.717) is 78.5 Å². The monoisotopic (exact) mass is 494 g/mol. The van der Waals surface area contributed by atoms with E-state index < -0.39 is 36.6 Å². The molecule has 0 amide bonds. The molecular weight excluding hydrogens is 440 g/mol. The van der Waals surface area contributed by atoms with E-state index in [1.807, 2.05) is 9.80 Å². The fourth-order valence-corrected chi connectivity index (χ4v) is 4.19. The average Bonchev–Trinajstić information content (AvgIpc) is 2.64. The zero-order valence-corrected chi connectivity index (χ0v) is 22.4. The smallest absolute Gasteiger partial charge is 0.0639 e. The Bertz CT molecular complexity index is 418. The molecule has 34 heavy (non-hydrogen) atoms. The van der Waals surface area contributed by atoms with Gasteiger partial charge in [0, 0.05) is 78.5 Å². The topological polar surface area (TPSA) is 134 Å². The predicted octanol–water partition coefficient (Wildman–Crippen LogP) is -1.52. The standard InChI is InChI=1S/C24H54N4O6/c1-19(29)13-25(9-11-27(15-21(3)31)16-22(4)32)7-8-26(14-20(2)30)10-12-28(17-23(5)33)18-24(6)34/h19-24,29-34H,7-18H2,1-6H3. The molecule has 0 aromatic heterocycles. The predicted molar refractivity (Wildman–Crippen MR) is 136 cm³/mol. The second-order valence-electron chi connectivity index (χ2n) is 10.2. The molecule has 0 aliphatic carbocycles. The van der Waals surface area contributed by atoms with Crippen LogP contribution in [-0.2, 0) is 0 Å². The van der Waals surface area contributed by atoms with Crippen LogP contribution in [0, 0.1) is 0 Å². The summed E-state index contributed by atoms with van der Waals surface area (Å²) in [5.74, 6) is 0. The van der Waals surface area contributed by atoms with Crippen molar-refractivity contribution < 1.29 is 30.6 Å². The van der Waals surface area contributed by atoms with Gasteiger partial charge in [-0.05, 0) is 41.5 Å². The highest BCUT2D eigenvalue weighted by Gasteiger charge is 2.18. The van der Waals surface area contributed by atoms with Gasteiger partial charge in [0.1, 0.15) is 0 Å². The highest BCUT2D eigenvalue weighted by molar-refractivity contribution is 4.73. The fourth-order valence-electron chi connectivity index (χ4n) is 4.19. The quantitative estimate of drug-likeness (QED) is 0.112. The van der Waals surface area contributed by atoms with Gasteiger partial charge in [-0.3, -0.25) is 19.6 Å². The van der Waals surface area contributed by atoms with E-state index in [1.54, 1.807) is 41.5 Å². The number of nitrogens with zero attached hydrogens (tertiary/aromatic N) is 4. The number of hydrogen-bond donors (Lipinski definition) is 6. The third-order valence-corrected chi connectivity index (χ3v) is 5.33. The molecule has 0 rings (SSSR count). The molecule has 0 aliphatic rings. The maximum Gasteiger partial charge on any atom is 0.0639 e. The Labute approximate surface area is 207 Å². The second kappa shape index (κ2) is 18.8. The molecule has 10 nitrogen and oxygen atoms in total. The molecule has 0 aromatic rings. The van der Waals surface area contributed by atoms with Crippen molar-refractivity contribution in [1.29, 1.82) is 0 Å². The van der Waals surface area contributed by atoms with Crippen molar-refractivity contribution in [2.45, 2.75) is 78.2 Å². The van der Waals surface area contributed by atoms with E-state index in [9.17, 15) is 30.6 Å². The van der Waals surface area contributed by atoms with Gasteiger partial charge in [0.15, 0.2) is 0 Å². The molecule has 0 aromatic carbocycles. The minimum absolute atomic E-state index is 0.476. The molecule has 0 bridgehead atoms. The van der Waals surface area contributed by atoms with Crippen LogP contribution in [0.3, 0.4) is 0 Å². The Morgan fingerprint density at radius 3 is 0.647 bits per heavy atom. The molecule has 6 N–H and O–H groups in total. The van der Waals surface area contributed by atoms with Crippen LogP contribution < -0.4 is 0 Å². The first-order chi connectivity index (χ1) is 15.8. The molecule has 206 valence electrons. The highest BCUT2D eigenvalue weighted by atomic mass is 16.3. The van der Waals surface area contributed by atoms with Gasteiger partial charge in [0.2, 0.25) is 0 Å². The first-order valence-corrected chi connectivity index (χ1v) is 12.8. The van der Waals surface area contributed by atoms with Crippen molar-refractivity contribution in [1.82, 2.24) is 19.6 Å². The van der Waals surface area contributed by atoms with Crippen LogP contribution >= 0.6 is 0 Å². The molecule has 0 radical (unpaired) electrons. The summed E-state index contributed by atoms with van der Waals surface area (Å²) in [7, 11) is 0. The molecule has 0 fully saturated rings. The molecule has 6 atom stereocenters. The van der Waals surface area contributed by atoms with Gasteiger partial charge in [-0.25, -0.2) is 0 Å². The first kappa shape index (κ1) is 33.6. The Kier molecular flexibility index (Phi) is 18.6. The lowest BCUT2D eigenvalue weighted by atomic mass is 10.2. The van der Waals surface area contributed by atoms with Crippen LogP contribution in [0.1, 0.15) is 41.5 Å². The molecule has 0 saturated carbocycles. The molecule has 0 spiro atoms. The van der Waals surface area contributed by atoms with Crippen molar-refractivity contribution in [2.24, 2.45) is 0 Å². The van der Waals surface area contributed by atoms with Gasteiger partial charge >= 0.3 is 0 Å². The Morgan fingerprint density at radius 1 is 0.324 bits per heavy atom. The van der Waals surface area contributed by atoms with Crippen molar-refractivity contribution in [3.05, 3.63) is 0 Å². The molecule has 6 unspecified atom stereocenters. The van der Waals surface area contributed by atoms with Gasteiger partial charge in [0.05, 0.1) is 36.6 Å². The summed E-state index contributed by atoms with van der Waals surface area (Å²) >= 11 is 0. The van der Waals surface area contributed by atoms with Crippen LogP contribution in [0.2, 0.25) is 0 Å². The Hall–Kier alpha value is -0.400. The van der Waals surface area contributed by atoms with Crippen molar-refractivity contribution in [3.63, 3.8) is 0 Å². The first-order valence-electron chi connectivity index (χ1n) is 12.8. The van der Waals surface area contributed by atoms with Crippen LogP contribution in [0.5, 0.6) is 0 Å². The summed E-state index contributed by atoms with van der Waals surface area (Å²) in [5, 5.41) is 59.1. The molecule has 0 aliphatic heterocycles. The van der Waals surface area contributed by atoms with Gasteiger partial charge < -0.3 is 30.6 Å². The van der Waals surface area contributed by atoms with Gasteiger partial charge in [-0.1, -0.05) is 0 Å². The van der Waals surface area contributed by atoms with Gasteiger partial charge in [-0.2, -0.15) is 0 Å². The van der Waals surface area contributed by atoms with Gasteiger partial charge in [0.25, 0.3) is 0 Å². The largest absolute Gasteiger partial charge is 0.392 e. The van der Waals surface area contributed by atoms with Crippen molar-refractivity contribution in [3.8, 4) is 0 Å². The fraction of sp³-hybridized carbons (Fsp3) is 1.00. The van der Waals surface area contributed by atoms with E-state index >= 15 is 0 Å². The maximum atomic E-state index is 9.99. The number of aliphatic hydroxyl groups excluding tert-OH is 6. The highest BCUT2D eigenvalue weighted by Crippen LogP contribution is 2.03. The van der Waals surface area contributed by atoms with Gasteiger partial charge in [-0.15, -0.1) is 0 Å². The van der Waals surface area contributed by atoms with E-state index in [1.165, 1.54) is 0 Å². The molecule has 10 heteroatoms. The SMILES string of the molecule is CC(O)CN(CCN(CCN(CC(C)O)CC(C)O)CC(C)O)CCN(CC(C)O)CC(C)O. The molecular formula is C24H54N4O6. The second-order valence-corrected chi connectivity index (χ2v) is 10.2. The lowest BCUT2D eigenvalue weighted by Gasteiger charge is -2.33. The summed E-state index contributed by atoms with van der Waals surface area (Å²) in [6.45, 7) is 17.4. The van der Waals surface area contributed by atoms with Crippen molar-refractivity contribution >= 4 is 0 Å². The van der Waals surface area contributed by atoms with Crippen LogP contribution in [-0.4, -0.2) is 165 Å². The van der Waals surface area contributed by atoms with E-state index in [-0.39, 0.29) is 0 Å². The summed E-state index contributed by atoms with van der Waals surface area (Å²) in [6, 6.07) is 0. The lowest BCUT2D eigenvalue weighted by Crippen LogP contribution is -2.47. The Morgan fingerprint density at radius 2 is 0.471 bits per heavy atom. The summed E-state index contributed by atoms with van der Waals surface area (Å²) in [4.78, 5) is 8.39. The zero-order valence-electron chi connectivity index (χ0n) is 22.4. The normalized spacial score (nSPS) is 18.0. The number of aliphatic hydroxyl groups is 6. The third kappa shape index (κ3) is 19.9. The maximum absolute atomic E-state index is 9.99. The summed E-state index contributed by atoms with van der Waals surface area (Å²) in [6.07, 6.45) is -2.93. The van der Waals surface area contributed by atoms with Crippen LogP contribution in [0.15, 0.2) is 0 Å². The number of rotatable bonds is 21. The summed E-state index contributed by atoms with van der Waals surface area (Å²) < 4.78 is 0. The lowest BCUT2D eigenvalue weighted by molar-refractivity contribution is 0.0556. The Balaban J connectivity index is 5.03.